The van der Waals surface area contributed by atoms with Gasteiger partial charge in [0.15, 0.2) is 5.82 Å². The smallest absolute Gasteiger partial charge is 0.257 e. The number of tetrazole rings is 1. The van der Waals surface area contributed by atoms with Crippen LogP contribution in [-0.2, 0) is 0 Å². The zero-order valence-electron chi connectivity index (χ0n) is 8.76. The maximum Gasteiger partial charge on any atom is 0.257 e. The molecule has 0 aliphatic heterocycles. The van der Waals surface area contributed by atoms with Gasteiger partial charge in [0.05, 0.1) is 12.2 Å². The van der Waals surface area contributed by atoms with Gasteiger partial charge in [-0.1, -0.05) is 10.4 Å². The number of aromatic nitrogens is 5. The molecule has 0 radical (unpaired) electrons. The number of aromatic amines is 1. The second-order valence-corrected chi connectivity index (χ2v) is 3.26. The summed E-state index contributed by atoms with van der Waals surface area (Å²) in [7, 11) is 0. The Bertz CT molecular complexity index is 476. The lowest BCUT2D eigenvalue weighted by molar-refractivity contribution is 0.0936. The van der Waals surface area contributed by atoms with Gasteiger partial charge in [0.1, 0.15) is 11.3 Å². The minimum atomic E-state index is -0.333. The maximum absolute atomic E-state index is 11.7. The Morgan fingerprint density at radius 1 is 1.62 bits per heavy atom. The summed E-state index contributed by atoms with van der Waals surface area (Å²) in [5, 5.41) is 19.5. The SMILES string of the molecule is Cc1oncc1C(=O)NC(C)c1nn[nH]n1. The maximum atomic E-state index is 11.7. The van der Waals surface area contributed by atoms with Gasteiger partial charge in [0.2, 0.25) is 0 Å². The molecule has 84 valence electrons. The predicted octanol–water partition coefficient (Wildman–Crippen LogP) is -0.0129. The lowest BCUT2D eigenvalue weighted by Crippen LogP contribution is -2.27. The number of hydrogen-bond acceptors (Lipinski definition) is 6. The molecule has 0 bridgehead atoms. The Morgan fingerprint density at radius 3 is 3.00 bits per heavy atom. The van der Waals surface area contributed by atoms with E-state index in [2.05, 4.69) is 31.1 Å². The molecule has 2 aromatic heterocycles. The van der Waals surface area contributed by atoms with Crippen LogP contribution in [0.2, 0.25) is 0 Å². The van der Waals surface area contributed by atoms with Gasteiger partial charge in [-0.05, 0) is 13.8 Å². The Morgan fingerprint density at radius 2 is 2.44 bits per heavy atom. The molecule has 0 aromatic carbocycles. The molecular weight excluding hydrogens is 212 g/mol. The second kappa shape index (κ2) is 4.09. The van der Waals surface area contributed by atoms with Crippen LogP contribution in [0.3, 0.4) is 0 Å². The second-order valence-electron chi connectivity index (χ2n) is 3.26. The third-order valence-corrected chi connectivity index (χ3v) is 2.09. The Hall–Kier alpha value is -2.25. The van der Waals surface area contributed by atoms with Gasteiger partial charge in [-0.15, -0.1) is 10.2 Å². The molecular formula is C8H10N6O2. The molecule has 16 heavy (non-hydrogen) atoms. The van der Waals surface area contributed by atoms with E-state index in [1.54, 1.807) is 13.8 Å². The first-order valence-corrected chi connectivity index (χ1v) is 4.64. The summed E-state index contributed by atoms with van der Waals surface area (Å²) in [4.78, 5) is 11.7. The van der Waals surface area contributed by atoms with E-state index in [1.165, 1.54) is 6.20 Å². The van der Waals surface area contributed by atoms with E-state index >= 15 is 0 Å². The third kappa shape index (κ3) is 1.90. The molecule has 2 N–H and O–H groups in total. The zero-order chi connectivity index (χ0) is 11.5. The summed E-state index contributed by atoms with van der Waals surface area (Å²) >= 11 is 0. The molecule has 1 amide bonds. The van der Waals surface area contributed by atoms with E-state index in [9.17, 15) is 4.79 Å². The van der Waals surface area contributed by atoms with Crippen LogP contribution >= 0.6 is 0 Å². The molecule has 0 saturated heterocycles. The summed E-state index contributed by atoms with van der Waals surface area (Å²) in [6.45, 7) is 3.42. The minimum absolute atomic E-state index is 0.281. The molecule has 0 aliphatic rings. The van der Waals surface area contributed by atoms with Crippen molar-refractivity contribution in [1.29, 1.82) is 0 Å². The number of H-pyrrole nitrogens is 1. The number of carbonyl (C=O) groups is 1. The third-order valence-electron chi connectivity index (χ3n) is 2.09. The first-order valence-electron chi connectivity index (χ1n) is 4.64. The Labute approximate surface area is 90.4 Å². The summed E-state index contributed by atoms with van der Waals surface area (Å²) in [5.41, 5.74) is 0.398. The molecule has 8 heteroatoms. The average Bonchev–Trinajstić information content (AvgIpc) is 2.86. The van der Waals surface area contributed by atoms with Crippen molar-refractivity contribution in [3.63, 3.8) is 0 Å². The average molecular weight is 222 g/mol. The van der Waals surface area contributed by atoms with Crippen molar-refractivity contribution in [1.82, 2.24) is 31.1 Å². The summed E-state index contributed by atoms with van der Waals surface area (Å²) < 4.78 is 4.80. The summed E-state index contributed by atoms with van der Waals surface area (Å²) in [6, 6.07) is -0.333. The molecule has 2 aromatic rings. The number of nitrogens with zero attached hydrogens (tertiary/aromatic N) is 4. The van der Waals surface area contributed by atoms with Crippen LogP contribution in [0.1, 0.15) is 34.9 Å². The predicted molar refractivity (Wildman–Crippen MR) is 51.3 cm³/mol. The highest BCUT2D eigenvalue weighted by Gasteiger charge is 2.17. The van der Waals surface area contributed by atoms with Gasteiger partial charge < -0.3 is 9.84 Å². The molecule has 1 atom stereocenters. The number of rotatable bonds is 3. The monoisotopic (exact) mass is 222 g/mol. The van der Waals surface area contributed by atoms with Crippen LogP contribution in [0.15, 0.2) is 10.7 Å². The fourth-order valence-electron chi connectivity index (χ4n) is 1.21. The Kier molecular flexibility index (Phi) is 2.63. The first kappa shape index (κ1) is 10.3. The lowest BCUT2D eigenvalue weighted by Gasteiger charge is -2.08. The fraction of sp³-hybridized carbons (Fsp3) is 0.375. The molecule has 0 aliphatic carbocycles. The van der Waals surface area contributed by atoms with E-state index in [0.29, 0.717) is 17.1 Å². The summed E-state index contributed by atoms with van der Waals surface area (Å²) in [6.07, 6.45) is 1.37. The van der Waals surface area contributed by atoms with Crippen molar-refractivity contribution in [2.75, 3.05) is 0 Å². The van der Waals surface area contributed by atoms with Crippen molar-refractivity contribution >= 4 is 5.91 Å². The molecule has 0 spiro atoms. The van der Waals surface area contributed by atoms with Gasteiger partial charge in [-0.25, -0.2) is 0 Å². The van der Waals surface area contributed by atoms with Crippen molar-refractivity contribution in [3.8, 4) is 0 Å². The van der Waals surface area contributed by atoms with Crippen LogP contribution in [0, 0.1) is 6.92 Å². The van der Waals surface area contributed by atoms with E-state index in [0.717, 1.165) is 0 Å². The number of hydrogen-bond donors (Lipinski definition) is 2. The van der Waals surface area contributed by atoms with Crippen molar-refractivity contribution in [2.24, 2.45) is 0 Å². The number of carbonyl (C=O) groups excluding carboxylic acids is 1. The van der Waals surface area contributed by atoms with Crippen LogP contribution < -0.4 is 5.32 Å². The lowest BCUT2D eigenvalue weighted by atomic mass is 10.2. The standard InChI is InChI=1S/C8H10N6O2/c1-4(7-11-13-14-12-7)10-8(15)6-3-9-16-5(6)2/h3-4H,1-2H3,(H,10,15)(H,11,12,13,14). The van der Waals surface area contributed by atoms with Crippen molar-refractivity contribution < 1.29 is 9.32 Å². The minimum Gasteiger partial charge on any atom is -0.361 e. The first-order chi connectivity index (χ1) is 7.68. The topological polar surface area (TPSA) is 110 Å². The normalized spacial score (nSPS) is 12.4. The van der Waals surface area contributed by atoms with E-state index in [-0.39, 0.29) is 11.9 Å². The molecule has 0 saturated carbocycles. The molecule has 2 heterocycles. The molecule has 1 unspecified atom stereocenters. The number of nitrogens with one attached hydrogen (secondary N) is 2. The molecule has 2 rings (SSSR count). The van der Waals surface area contributed by atoms with Gasteiger partial charge in [0.25, 0.3) is 5.91 Å². The van der Waals surface area contributed by atoms with Gasteiger partial charge in [0, 0.05) is 0 Å². The van der Waals surface area contributed by atoms with Crippen molar-refractivity contribution in [3.05, 3.63) is 23.3 Å². The zero-order valence-corrected chi connectivity index (χ0v) is 8.76. The quantitative estimate of drug-likeness (QED) is 0.755. The highest BCUT2D eigenvalue weighted by Crippen LogP contribution is 2.09. The molecule has 8 nitrogen and oxygen atoms in total. The van der Waals surface area contributed by atoms with E-state index in [1.807, 2.05) is 0 Å². The number of amides is 1. The van der Waals surface area contributed by atoms with Crippen molar-refractivity contribution in [2.45, 2.75) is 19.9 Å². The van der Waals surface area contributed by atoms with Crippen LogP contribution in [0.25, 0.3) is 0 Å². The highest BCUT2D eigenvalue weighted by atomic mass is 16.5. The van der Waals surface area contributed by atoms with Crippen LogP contribution in [-0.4, -0.2) is 31.7 Å². The largest absolute Gasteiger partial charge is 0.361 e. The van der Waals surface area contributed by atoms with E-state index in [4.69, 9.17) is 4.52 Å². The fourth-order valence-corrected chi connectivity index (χ4v) is 1.21. The van der Waals surface area contributed by atoms with Gasteiger partial charge in [-0.2, -0.15) is 5.21 Å². The Balaban J connectivity index is 2.06. The summed E-state index contributed by atoms with van der Waals surface area (Å²) in [5.74, 6) is 0.608. The number of aryl methyl sites for hydroxylation is 1. The van der Waals surface area contributed by atoms with Gasteiger partial charge >= 0.3 is 0 Å². The molecule has 0 fully saturated rings. The van der Waals surface area contributed by atoms with Crippen LogP contribution in [0.5, 0.6) is 0 Å². The van der Waals surface area contributed by atoms with E-state index < -0.39 is 0 Å². The van der Waals surface area contributed by atoms with Gasteiger partial charge in [-0.3, -0.25) is 4.79 Å². The highest BCUT2D eigenvalue weighted by molar-refractivity contribution is 5.94. The van der Waals surface area contributed by atoms with Crippen LogP contribution in [0.4, 0.5) is 0 Å².